The van der Waals surface area contributed by atoms with Crippen molar-refractivity contribution in [1.29, 1.82) is 0 Å². The lowest BCUT2D eigenvalue weighted by Crippen LogP contribution is -1.87. The van der Waals surface area contributed by atoms with E-state index in [1.807, 2.05) is 7.05 Å². The quantitative estimate of drug-likeness (QED) is 0.789. The van der Waals surface area contributed by atoms with Crippen LogP contribution in [0.15, 0.2) is 15.8 Å². The van der Waals surface area contributed by atoms with Crippen molar-refractivity contribution < 1.29 is 4.79 Å². The molecular formula is C7H5ClN4OS2. The number of halogens is 1. The summed E-state index contributed by atoms with van der Waals surface area (Å²) in [6, 6.07) is 0. The van der Waals surface area contributed by atoms with Crippen LogP contribution in [0.2, 0.25) is 5.15 Å². The number of aldehydes is 1. The Morgan fingerprint density at radius 3 is 3.00 bits per heavy atom. The second kappa shape index (κ2) is 4.30. The van der Waals surface area contributed by atoms with Crippen molar-refractivity contribution >= 4 is 41.0 Å². The zero-order valence-corrected chi connectivity index (χ0v) is 9.94. The number of carbonyl (C=O) groups is 1. The molecule has 0 fully saturated rings. The molecule has 0 aliphatic heterocycles. The molecule has 0 aliphatic carbocycles. The molecule has 0 amide bonds. The normalized spacial score (nSPS) is 10.5. The molecule has 0 radical (unpaired) electrons. The molecule has 0 saturated carbocycles. The van der Waals surface area contributed by atoms with Gasteiger partial charge in [-0.2, -0.15) is 0 Å². The van der Waals surface area contributed by atoms with Gasteiger partial charge in [0, 0.05) is 7.05 Å². The third-order valence-corrected chi connectivity index (χ3v) is 4.04. The van der Waals surface area contributed by atoms with Gasteiger partial charge in [0.1, 0.15) is 11.2 Å². The summed E-state index contributed by atoms with van der Waals surface area (Å²) >= 11 is 8.30. The highest BCUT2D eigenvalue weighted by Gasteiger charge is 2.11. The minimum absolute atomic E-state index is 0.236. The van der Waals surface area contributed by atoms with Gasteiger partial charge in [-0.05, 0) is 11.8 Å². The molecule has 2 aromatic rings. The fraction of sp³-hybridized carbons (Fsp3) is 0.143. The fourth-order valence-corrected chi connectivity index (χ4v) is 2.93. The zero-order chi connectivity index (χ0) is 10.8. The van der Waals surface area contributed by atoms with Crippen molar-refractivity contribution in [3.05, 3.63) is 16.4 Å². The summed E-state index contributed by atoms with van der Waals surface area (Å²) in [5.74, 6) is 0. The molecule has 0 spiro atoms. The molecule has 2 aromatic heterocycles. The van der Waals surface area contributed by atoms with Crippen LogP contribution >= 0.6 is 34.7 Å². The van der Waals surface area contributed by atoms with Gasteiger partial charge < -0.3 is 4.57 Å². The summed E-state index contributed by atoms with van der Waals surface area (Å²) in [4.78, 5) is 15.0. The van der Waals surface area contributed by atoms with Crippen LogP contribution in [0.5, 0.6) is 0 Å². The molecule has 8 heteroatoms. The fourth-order valence-electron chi connectivity index (χ4n) is 0.854. The maximum absolute atomic E-state index is 10.6. The van der Waals surface area contributed by atoms with Crippen molar-refractivity contribution in [2.45, 2.75) is 9.50 Å². The van der Waals surface area contributed by atoms with Crippen molar-refractivity contribution in [2.75, 3.05) is 0 Å². The lowest BCUT2D eigenvalue weighted by atomic mass is 10.6. The SMILES string of the molecule is Cn1cnnc1Sc1nc(Cl)c(C=O)s1. The Balaban J connectivity index is 2.25. The predicted molar refractivity (Wildman–Crippen MR) is 57.6 cm³/mol. The van der Waals surface area contributed by atoms with Crippen molar-refractivity contribution in [3.8, 4) is 0 Å². The van der Waals surface area contributed by atoms with Gasteiger partial charge in [-0.1, -0.05) is 11.6 Å². The minimum atomic E-state index is 0.236. The standard InChI is InChI=1S/C7H5ClN4OS2/c1-12-3-9-11-6(12)15-7-10-5(8)4(2-13)14-7/h2-3H,1H3. The topological polar surface area (TPSA) is 60.7 Å². The molecule has 0 N–H and O–H groups in total. The molecule has 2 heterocycles. The van der Waals surface area contributed by atoms with Gasteiger partial charge in [-0.25, -0.2) is 4.98 Å². The van der Waals surface area contributed by atoms with E-state index in [9.17, 15) is 4.79 Å². The number of hydrogen-bond donors (Lipinski definition) is 0. The third kappa shape index (κ3) is 2.19. The third-order valence-electron chi connectivity index (χ3n) is 1.55. The summed E-state index contributed by atoms with van der Waals surface area (Å²) in [5, 5.41) is 8.56. The average molecular weight is 261 g/mol. The first kappa shape index (κ1) is 10.6. The number of nitrogens with zero attached hydrogens (tertiary/aromatic N) is 4. The second-order valence-electron chi connectivity index (χ2n) is 2.58. The number of thiazole rings is 1. The molecule has 0 aromatic carbocycles. The summed E-state index contributed by atoms with van der Waals surface area (Å²) in [6.45, 7) is 0. The maximum atomic E-state index is 10.6. The van der Waals surface area contributed by atoms with E-state index in [1.165, 1.54) is 23.1 Å². The van der Waals surface area contributed by atoms with E-state index in [0.29, 0.717) is 20.7 Å². The number of aryl methyl sites for hydroxylation is 1. The van der Waals surface area contributed by atoms with Crippen LogP contribution in [0.1, 0.15) is 9.67 Å². The van der Waals surface area contributed by atoms with Crippen LogP contribution in [0.4, 0.5) is 0 Å². The number of hydrogen-bond acceptors (Lipinski definition) is 6. The molecular weight excluding hydrogens is 256 g/mol. The van der Waals surface area contributed by atoms with Gasteiger partial charge in [0.05, 0.1) is 0 Å². The van der Waals surface area contributed by atoms with Gasteiger partial charge in [-0.15, -0.1) is 21.5 Å². The van der Waals surface area contributed by atoms with Gasteiger partial charge >= 0.3 is 0 Å². The Kier molecular flexibility index (Phi) is 3.03. The Hall–Kier alpha value is -0.920. The van der Waals surface area contributed by atoms with Crippen LogP contribution in [-0.4, -0.2) is 26.0 Å². The summed E-state index contributed by atoms with van der Waals surface area (Å²) in [5.41, 5.74) is 0. The molecule has 0 aliphatic rings. The maximum Gasteiger partial charge on any atom is 0.197 e. The lowest BCUT2D eigenvalue weighted by molar-refractivity contribution is 0.112. The van der Waals surface area contributed by atoms with Gasteiger partial charge in [-0.3, -0.25) is 4.79 Å². The van der Waals surface area contributed by atoms with Crippen LogP contribution in [0, 0.1) is 0 Å². The average Bonchev–Trinajstić information content (AvgIpc) is 2.75. The molecule has 15 heavy (non-hydrogen) atoms. The van der Waals surface area contributed by atoms with Crippen molar-refractivity contribution in [1.82, 2.24) is 19.7 Å². The summed E-state index contributed by atoms with van der Waals surface area (Å²) in [7, 11) is 1.83. The van der Waals surface area contributed by atoms with E-state index in [1.54, 1.807) is 10.9 Å². The highest BCUT2D eigenvalue weighted by Crippen LogP contribution is 2.32. The van der Waals surface area contributed by atoms with Gasteiger partial charge in [0.25, 0.3) is 0 Å². The van der Waals surface area contributed by atoms with Crippen LogP contribution in [0.3, 0.4) is 0 Å². The Morgan fingerprint density at radius 1 is 1.67 bits per heavy atom. The summed E-state index contributed by atoms with van der Waals surface area (Å²) < 4.78 is 2.44. The Morgan fingerprint density at radius 2 is 2.47 bits per heavy atom. The van der Waals surface area contributed by atoms with E-state index in [-0.39, 0.29) is 5.15 Å². The molecule has 78 valence electrons. The monoisotopic (exact) mass is 260 g/mol. The number of aromatic nitrogens is 4. The first-order valence-electron chi connectivity index (χ1n) is 3.84. The van der Waals surface area contributed by atoms with Crippen molar-refractivity contribution in [3.63, 3.8) is 0 Å². The molecule has 0 saturated heterocycles. The highest BCUT2D eigenvalue weighted by molar-refractivity contribution is 8.00. The predicted octanol–water partition coefficient (Wildman–Crippen LogP) is 1.89. The van der Waals surface area contributed by atoms with E-state index in [0.717, 1.165) is 0 Å². The van der Waals surface area contributed by atoms with Crippen molar-refractivity contribution in [2.24, 2.45) is 7.05 Å². The Bertz CT molecular complexity index is 495. The molecule has 2 rings (SSSR count). The van der Waals surface area contributed by atoms with Crippen LogP contribution in [0.25, 0.3) is 0 Å². The van der Waals surface area contributed by atoms with E-state index in [4.69, 9.17) is 11.6 Å². The van der Waals surface area contributed by atoms with Crippen LogP contribution in [-0.2, 0) is 7.05 Å². The van der Waals surface area contributed by atoms with Gasteiger partial charge in [0.15, 0.2) is 20.9 Å². The second-order valence-corrected chi connectivity index (χ2v) is 5.18. The lowest BCUT2D eigenvalue weighted by Gasteiger charge is -1.94. The molecule has 0 unspecified atom stereocenters. The largest absolute Gasteiger partial charge is 0.311 e. The van der Waals surface area contributed by atoms with E-state index >= 15 is 0 Å². The minimum Gasteiger partial charge on any atom is -0.311 e. The number of rotatable bonds is 3. The summed E-state index contributed by atoms with van der Waals surface area (Å²) in [6.07, 6.45) is 2.29. The Labute approximate surface area is 98.5 Å². The smallest absolute Gasteiger partial charge is 0.197 e. The van der Waals surface area contributed by atoms with Crippen LogP contribution < -0.4 is 0 Å². The molecule has 0 atom stereocenters. The molecule has 0 bridgehead atoms. The van der Waals surface area contributed by atoms with E-state index < -0.39 is 0 Å². The zero-order valence-electron chi connectivity index (χ0n) is 7.55. The van der Waals surface area contributed by atoms with Gasteiger partial charge in [0.2, 0.25) is 0 Å². The molecule has 5 nitrogen and oxygen atoms in total. The first-order chi connectivity index (χ1) is 7.20. The van der Waals surface area contributed by atoms with E-state index in [2.05, 4.69) is 15.2 Å². The number of carbonyl (C=O) groups excluding carboxylic acids is 1. The highest BCUT2D eigenvalue weighted by atomic mass is 35.5. The first-order valence-corrected chi connectivity index (χ1v) is 5.85.